The Morgan fingerprint density at radius 1 is 1.60 bits per heavy atom. The van der Waals surface area contributed by atoms with Crippen LogP contribution in [0.5, 0.6) is 0 Å². The Labute approximate surface area is 144 Å². The van der Waals surface area contributed by atoms with Crippen LogP contribution < -0.4 is 11.1 Å². The molecule has 5 N–H and O–H groups in total. The van der Waals surface area contributed by atoms with Crippen molar-refractivity contribution in [3.05, 3.63) is 11.1 Å². The summed E-state index contributed by atoms with van der Waals surface area (Å²) in [4.78, 5) is 32.6. The van der Waals surface area contributed by atoms with Crippen LogP contribution in [0.3, 0.4) is 0 Å². The van der Waals surface area contributed by atoms with Crippen LogP contribution in [-0.2, 0) is 24.7 Å². The number of hydrogen-bond acceptors (Lipinski definition) is 11. The van der Waals surface area contributed by atoms with Crippen LogP contribution in [0.2, 0.25) is 0 Å². The Morgan fingerprint density at radius 3 is 2.76 bits per heavy atom. The van der Waals surface area contributed by atoms with E-state index < -0.39 is 34.2 Å². The second-order valence-corrected chi connectivity index (χ2v) is 6.69. The molecule has 2 atom stereocenters. The molecule has 2 rings (SSSR count). The number of amides is 2. The summed E-state index contributed by atoms with van der Waals surface area (Å²) in [5.41, 5.74) is 5.25. The molecule has 0 radical (unpaired) electrons. The number of carbonyl (C=O) groups is 2. The quantitative estimate of drug-likeness (QED) is 0.139. The third-order valence-corrected chi connectivity index (χ3v) is 4.61. The van der Waals surface area contributed by atoms with Gasteiger partial charge in [0.05, 0.1) is 6.21 Å². The van der Waals surface area contributed by atoms with Crippen LogP contribution in [0.1, 0.15) is 5.69 Å². The lowest BCUT2D eigenvalue weighted by Gasteiger charge is -2.41. The summed E-state index contributed by atoms with van der Waals surface area (Å²) in [5.74, 6) is -2.05. The zero-order chi connectivity index (χ0) is 18.8. The van der Waals surface area contributed by atoms with Crippen molar-refractivity contribution in [3.63, 3.8) is 0 Å². The molecule has 15 heteroatoms. The summed E-state index contributed by atoms with van der Waals surface area (Å²) in [5, 5.41) is 18.5. The van der Waals surface area contributed by atoms with Crippen molar-refractivity contribution in [3.8, 4) is 0 Å². The smallest absolute Gasteiger partial charge is 0.362 e. The van der Waals surface area contributed by atoms with Gasteiger partial charge in [-0.1, -0.05) is 10.3 Å². The molecule has 1 saturated heterocycles. The van der Waals surface area contributed by atoms with Gasteiger partial charge in [-0.25, -0.2) is 9.29 Å². The molecule has 0 saturated carbocycles. The molecule has 136 valence electrons. The van der Waals surface area contributed by atoms with Crippen molar-refractivity contribution in [2.75, 3.05) is 12.8 Å². The van der Waals surface area contributed by atoms with Crippen LogP contribution in [0.4, 0.5) is 5.13 Å². The monoisotopic (exact) mass is 392 g/mol. The highest BCUT2D eigenvalue weighted by atomic mass is 32.2. The molecule has 1 aromatic rings. The third kappa shape index (κ3) is 3.67. The first kappa shape index (κ1) is 18.6. The molecule has 2 heterocycles. The first-order valence-corrected chi connectivity index (χ1v) is 8.60. The Morgan fingerprint density at radius 2 is 2.28 bits per heavy atom. The fourth-order valence-electron chi connectivity index (χ4n) is 2.01. The number of rotatable bonds is 6. The topological polar surface area (TPSA) is 197 Å². The summed E-state index contributed by atoms with van der Waals surface area (Å²) >= 11 is 1.04. The number of hydrogen-bond donors (Lipinski definition) is 4. The number of aromatic nitrogens is 1. The van der Waals surface area contributed by atoms with E-state index in [0.717, 1.165) is 11.3 Å². The molecule has 2 amide bonds. The van der Waals surface area contributed by atoms with E-state index in [1.807, 2.05) is 0 Å². The summed E-state index contributed by atoms with van der Waals surface area (Å²) in [7, 11) is -3.71. The standard InChI is InChI=1S/C10H12N6O7S2/c1-23-15-6(4-3-24-10(11)13-4)8(17)14-7-5(2-12-19)16(9(7)18)25(20,21)22/h2-3,5,7,19H,1H3,(H2,11,13)(H,14,17)(H,20,21,22)/b12-2?,15-6-/t5-,7+/m1/s1. The van der Waals surface area contributed by atoms with E-state index in [9.17, 15) is 18.0 Å². The van der Waals surface area contributed by atoms with Gasteiger partial charge in [0.2, 0.25) is 0 Å². The molecule has 25 heavy (non-hydrogen) atoms. The van der Waals surface area contributed by atoms with Crippen LogP contribution in [0.25, 0.3) is 0 Å². The van der Waals surface area contributed by atoms with Gasteiger partial charge in [0.15, 0.2) is 10.8 Å². The minimum atomic E-state index is -4.89. The molecular formula is C10H12N6O7S2. The first-order valence-electron chi connectivity index (χ1n) is 6.32. The maximum absolute atomic E-state index is 12.3. The Bertz CT molecular complexity index is 848. The van der Waals surface area contributed by atoms with Crippen molar-refractivity contribution in [1.29, 1.82) is 0 Å². The number of nitrogens with two attached hydrogens (primary N) is 1. The average Bonchev–Trinajstić information content (AvgIpc) is 2.94. The molecule has 1 aliphatic rings. The second kappa shape index (κ2) is 6.99. The van der Waals surface area contributed by atoms with E-state index in [4.69, 9.17) is 15.5 Å². The van der Waals surface area contributed by atoms with Crippen molar-refractivity contribution >= 4 is 50.5 Å². The van der Waals surface area contributed by atoms with Gasteiger partial charge in [-0.15, -0.1) is 11.3 Å². The Kier molecular flexibility index (Phi) is 5.19. The number of thiazole rings is 1. The second-order valence-electron chi connectivity index (χ2n) is 4.51. The number of nitrogens with one attached hydrogen (secondary N) is 1. The van der Waals surface area contributed by atoms with Gasteiger partial charge in [-0.2, -0.15) is 8.42 Å². The van der Waals surface area contributed by atoms with Gasteiger partial charge in [0.1, 0.15) is 24.9 Å². The molecule has 0 bridgehead atoms. The average molecular weight is 392 g/mol. The van der Waals surface area contributed by atoms with Crippen molar-refractivity contribution in [2.45, 2.75) is 12.1 Å². The number of anilines is 1. The number of nitrogens with zero attached hydrogens (tertiary/aromatic N) is 4. The fraction of sp³-hybridized carbons (Fsp3) is 0.300. The van der Waals surface area contributed by atoms with E-state index in [1.165, 1.54) is 12.5 Å². The zero-order valence-corrected chi connectivity index (χ0v) is 14.1. The lowest BCUT2D eigenvalue weighted by atomic mass is 9.99. The van der Waals surface area contributed by atoms with Crippen LogP contribution in [-0.4, -0.2) is 70.4 Å². The van der Waals surface area contributed by atoms with Gasteiger partial charge in [-0.3, -0.25) is 14.1 Å². The number of carbonyl (C=O) groups excluding carboxylic acids is 2. The van der Waals surface area contributed by atoms with E-state index in [2.05, 4.69) is 25.4 Å². The molecule has 13 nitrogen and oxygen atoms in total. The molecule has 0 unspecified atom stereocenters. The first-order chi connectivity index (χ1) is 11.7. The summed E-state index contributed by atoms with van der Waals surface area (Å²) in [6.07, 6.45) is 0.661. The summed E-state index contributed by atoms with van der Waals surface area (Å²) in [6.45, 7) is 0. The van der Waals surface area contributed by atoms with Gasteiger partial charge < -0.3 is 21.1 Å². The lowest BCUT2D eigenvalue weighted by molar-refractivity contribution is -0.141. The molecule has 1 aromatic heterocycles. The third-order valence-electron chi connectivity index (χ3n) is 3.01. The van der Waals surface area contributed by atoms with Gasteiger partial charge >= 0.3 is 10.3 Å². The number of nitrogen functional groups attached to an aromatic ring is 1. The van der Waals surface area contributed by atoms with E-state index in [0.29, 0.717) is 6.21 Å². The zero-order valence-electron chi connectivity index (χ0n) is 12.4. The summed E-state index contributed by atoms with van der Waals surface area (Å²) in [6, 6.07) is -2.83. The molecule has 0 aliphatic carbocycles. The predicted octanol–water partition coefficient (Wildman–Crippen LogP) is -1.97. The maximum Gasteiger partial charge on any atom is 0.362 e. The maximum atomic E-state index is 12.3. The normalized spacial score (nSPS) is 21.3. The van der Waals surface area contributed by atoms with Gasteiger partial charge in [-0.05, 0) is 0 Å². The van der Waals surface area contributed by atoms with E-state index in [1.54, 1.807) is 0 Å². The Hall–Kier alpha value is -2.78. The highest BCUT2D eigenvalue weighted by Crippen LogP contribution is 2.22. The molecule has 0 spiro atoms. The predicted molar refractivity (Wildman–Crippen MR) is 84.5 cm³/mol. The summed E-state index contributed by atoms with van der Waals surface area (Å²) < 4.78 is 31.3. The van der Waals surface area contributed by atoms with Crippen LogP contribution >= 0.6 is 11.3 Å². The van der Waals surface area contributed by atoms with E-state index in [-0.39, 0.29) is 20.8 Å². The number of oxime groups is 2. The van der Waals surface area contributed by atoms with E-state index >= 15 is 0 Å². The molecular weight excluding hydrogens is 380 g/mol. The molecule has 0 aromatic carbocycles. The van der Waals surface area contributed by atoms with Gasteiger partial charge in [0, 0.05) is 5.38 Å². The fourth-order valence-corrected chi connectivity index (χ4v) is 3.39. The van der Waals surface area contributed by atoms with Crippen LogP contribution in [0.15, 0.2) is 15.7 Å². The lowest BCUT2D eigenvalue weighted by Crippen LogP contribution is -2.72. The minimum absolute atomic E-state index is 0.0473. The minimum Gasteiger partial charge on any atom is -0.411 e. The number of β-lactam (4-membered cyclic amide) rings is 1. The SMILES string of the molecule is CO/N=C(\C(=O)N[C@@H]1C(=O)N(S(=O)(=O)O)[C@@H]1C=NO)c1csc(N)n1. The largest absolute Gasteiger partial charge is 0.411 e. The Balaban J connectivity index is 2.23. The molecule has 1 aliphatic heterocycles. The van der Waals surface area contributed by atoms with Gasteiger partial charge in [0.25, 0.3) is 11.8 Å². The van der Waals surface area contributed by atoms with Crippen molar-refractivity contribution < 1.29 is 32.6 Å². The van der Waals surface area contributed by atoms with Crippen molar-refractivity contribution in [1.82, 2.24) is 14.6 Å². The molecule has 1 fully saturated rings. The van der Waals surface area contributed by atoms with Crippen molar-refractivity contribution in [2.24, 2.45) is 10.3 Å². The van der Waals surface area contributed by atoms with Crippen LogP contribution in [0, 0.1) is 0 Å². The highest BCUT2D eigenvalue weighted by molar-refractivity contribution is 7.84. The highest BCUT2D eigenvalue weighted by Gasteiger charge is 2.53.